The predicted octanol–water partition coefficient (Wildman–Crippen LogP) is 6.75. The third kappa shape index (κ3) is 8.30. The van der Waals surface area contributed by atoms with Crippen molar-refractivity contribution in [2.45, 2.75) is 45.3 Å². The molecule has 3 aromatic rings. The molecule has 1 amide bonds. The van der Waals surface area contributed by atoms with Crippen LogP contribution in [0, 0.1) is 5.82 Å². The fourth-order valence-electron chi connectivity index (χ4n) is 3.82. The molecular weight excluding hydrogens is 497 g/mol. The Bertz CT molecular complexity index is 1240. The summed E-state index contributed by atoms with van der Waals surface area (Å²) >= 11 is 6.05. The molecule has 37 heavy (non-hydrogen) atoms. The number of aryl methyl sites for hydroxylation is 1. The molecule has 0 aliphatic rings. The first-order valence-electron chi connectivity index (χ1n) is 12.0. The topological polar surface area (TPSA) is 87.1 Å². The zero-order chi connectivity index (χ0) is 27.2. The van der Waals surface area contributed by atoms with Gasteiger partial charge in [0.1, 0.15) is 11.4 Å². The molecule has 0 bridgehead atoms. The second kappa shape index (κ2) is 12.2. The number of carbonyl (C=O) groups excluding carboxylic acids is 1. The van der Waals surface area contributed by atoms with E-state index in [9.17, 15) is 19.1 Å². The van der Waals surface area contributed by atoms with E-state index in [0.717, 1.165) is 11.1 Å². The molecule has 6 nitrogen and oxygen atoms in total. The Kier molecular flexibility index (Phi) is 9.29. The van der Waals surface area contributed by atoms with Crippen LogP contribution in [0.1, 0.15) is 54.8 Å². The van der Waals surface area contributed by atoms with Crippen molar-refractivity contribution < 1.29 is 28.9 Å². The Morgan fingerprint density at radius 1 is 1.03 bits per heavy atom. The monoisotopic (exact) mass is 527 g/mol. The van der Waals surface area contributed by atoms with E-state index >= 15 is 0 Å². The van der Waals surface area contributed by atoms with Crippen LogP contribution in [-0.2, 0) is 11.2 Å². The molecule has 0 saturated carbocycles. The maximum atomic E-state index is 14.0. The van der Waals surface area contributed by atoms with Crippen molar-refractivity contribution in [3.05, 3.63) is 94.3 Å². The van der Waals surface area contributed by atoms with Crippen molar-refractivity contribution >= 4 is 23.7 Å². The van der Waals surface area contributed by atoms with Crippen LogP contribution in [0.5, 0.6) is 0 Å². The van der Waals surface area contributed by atoms with Gasteiger partial charge in [-0.15, -0.1) is 0 Å². The Morgan fingerprint density at radius 3 is 2.30 bits per heavy atom. The van der Waals surface area contributed by atoms with Crippen LogP contribution in [0.2, 0.25) is 5.02 Å². The average Bonchev–Trinajstić information content (AvgIpc) is 2.82. The molecular formula is C29H31ClFNO5. The van der Waals surface area contributed by atoms with Crippen LogP contribution in [0.25, 0.3) is 11.1 Å². The number of hydrogen-bond donors (Lipinski definition) is 2. The van der Waals surface area contributed by atoms with Gasteiger partial charge in [-0.25, -0.2) is 14.0 Å². The first-order valence-corrected chi connectivity index (χ1v) is 12.3. The molecule has 0 aliphatic heterocycles. The predicted molar refractivity (Wildman–Crippen MR) is 141 cm³/mol. The minimum atomic E-state index is -1.31. The van der Waals surface area contributed by atoms with Crippen molar-refractivity contribution in [3.63, 3.8) is 0 Å². The number of carboxylic acid groups (broad SMARTS) is 1. The summed E-state index contributed by atoms with van der Waals surface area (Å²) < 4.78 is 19.6. The fraction of sp³-hybridized carbons (Fsp3) is 0.310. The number of carboxylic acids is 1. The summed E-state index contributed by atoms with van der Waals surface area (Å²) in [7, 11) is 0. The van der Waals surface area contributed by atoms with Crippen molar-refractivity contribution in [1.29, 1.82) is 0 Å². The van der Waals surface area contributed by atoms with Gasteiger partial charge in [-0.1, -0.05) is 54.1 Å². The van der Waals surface area contributed by atoms with Crippen LogP contribution in [-0.4, -0.2) is 45.9 Å². The standard InChI is InChI=1S/C29H31ClFNO5/c1-29(2,3)37-28(36)32(18-26(33)22-7-4-8-23(30)16-22)15-5-6-19-9-11-20(12-10-19)21-13-14-24(27(34)35)25(31)17-21/h4,7-14,16-17,26,33H,5-6,15,18H2,1-3H3,(H,34,35)/t26-/m0/s1. The summed E-state index contributed by atoms with van der Waals surface area (Å²) in [6, 6.07) is 18.5. The lowest BCUT2D eigenvalue weighted by atomic mass is 10.0. The number of nitrogens with zero attached hydrogens (tertiary/aromatic N) is 1. The Balaban J connectivity index is 1.64. The molecule has 0 fully saturated rings. The third-order valence-corrected chi connectivity index (χ3v) is 5.89. The second-order valence-corrected chi connectivity index (χ2v) is 10.2. The Labute approximate surface area is 221 Å². The Morgan fingerprint density at radius 2 is 1.70 bits per heavy atom. The zero-order valence-electron chi connectivity index (χ0n) is 21.1. The first-order chi connectivity index (χ1) is 17.4. The van der Waals surface area contributed by atoms with E-state index in [0.29, 0.717) is 35.5 Å². The number of rotatable bonds is 9. The number of amides is 1. The normalized spacial score (nSPS) is 12.2. The smallest absolute Gasteiger partial charge is 0.410 e. The van der Waals surface area contributed by atoms with E-state index < -0.39 is 29.6 Å². The molecule has 0 radical (unpaired) electrons. The van der Waals surface area contributed by atoms with Gasteiger partial charge in [0.05, 0.1) is 18.2 Å². The van der Waals surface area contributed by atoms with Crippen LogP contribution < -0.4 is 0 Å². The van der Waals surface area contributed by atoms with E-state index in [2.05, 4.69) is 0 Å². The van der Waals surface area contributed by atoms with Gasteiger partial charge < -0.3 is 19.8 Å². The zero-order valence-corrected chi connectivity index (χ0v) is 21.8. The van der Waals surface area contributed by atoms with Gasteiger partial charge in [-0.3, -0.25) is 0 Å². The van der Waals surface area contributed by atoms with Gasteiger partial charge in [0.2, 0.25) is 0 Å². The highest BCUT2D eigenvalue weighted by Crippen LogP contribution is 2.24. The lowest BCUT2D eigenvalue weighted by Gasteiger charge is -2.29. The van der Waals surface area contributed by atoms with E-state index in [1.54, 1.807) is 51.1 Å². The van der Waals surface area contributed by atoms with Gasteiger partial charge in [0.15, 0.2) is 0 Å². The number of carbonyl (C=O) groups is 2. The number of hydrogen-bond acceptors (Lipinski definition) is 4. The van der Waals surface area contributed by atoms with E-state index in [4.69, 9.17) is 21.4 Å². The van der Waals surface area contributed by atoms with Crippen LogP contribution in [0.4, 0.5) is 9.18 Å². The van der Waals surface area contributed by atoms with E-state index in [-0.39, 0.29) is 12.1 Å². The fourth-order valence-corrected chi connectivity index (χ4v) is 4.02. The van der Waals surface area contributed by atoms with Gasteiger partial charge in [0.25, 0.3) is 0 Å². The molecule has 3 aromatic carbocycles. The SMILES string of the molecule is CC(C)(C)OC(=O)N(CCCc1ccc(-c2ccc(C(=O)O)c(F)c2)cc1)C[C@H](O)c1cccc(Cl)c1. The summed E-state index contributed by atoms with van der Waals surface area (Å²) in [5, 5.41) is 20.2. The van der Waals surface area contributed by atoms with Crippen LogP contribution in [0.15, 0.2) is 66.7 Å². The third-order valence-electron chi connectivity index (χ3n) is 5.66. The lowest BCUT2D eigenvalue weighted by Crippen LogP contribution is -2.40. The number of aliphatic hydroxyl groups is 1. The quantitative estimate of drug-likeness (QED) is 0.321. The molecule has 3 rings (SSSR count). The highest BCUT2D eigenvalue weighted by Gasteiger charge is 2.24. The van der Waals surface area contributed by atoms with Crippen molar-refractivity contribution in [2.24, 2.45) is 0 Å². The largest absolute Gasteiger partial charge is 0.478 e. The highest BCUT2D eigenvalue weighted by molar-refractivity contribution is 6.30. The number of aliphatic hydroxyl groups excluding tert-OH is 1. The lowest BCUT2D eigenvalue weighted by molar-refractivity contribution is 0.0142. The molecule has 2 N–H and O–H groups in total. The van der Waals surface area contributed by atoms with E-state index in [1.807, 2.05) is 24.3 Å². The van der Waals surface area contributed by atoms with Crippen LogP contribution >= 0.6 is 11.6 Å². The molecule has 0 spiro atoms. The van der Waals surface area contributed by atoms with Crippen molar-refractivity contribution in [3.8, 4) is 11.1 Å². The average molecular weight is 528 g/mol. The second-order valence-electron chi connectivity index (χ2n) is 9.80. The molecule has 0 aliphatic carbocycles. The molecule has 0 saturated heterocycles. The summed E-state index contributed by atoms with van der Waals surface area (Å²) in [4.78, 5) is 25.4. The maximum Gasteiger partial charge on any atom is 0.410 e. The van der Waals surface area contributed by atoms with Crippen LogP contribution in [0.3, 0.4) is 0 Å². The minimum absolute atomic E-state index is 0.0616. The summed E-state index contributed by atoms with van der Waals surface area (Å²) in [6.45, 7) is 5.81. The number of ether oxygens (including phenoxy) is 1. The van der Waals surface area contributed by atoms with Gasteiger partial charge in [-0.2, -0.15) is 0 Å². The molecule has 0 unspecified atom stereocenters. The molecule has 0 aromatic heterocycles. The van der Waals surface area contributed by atoms with Crippen molar-refractivity contribution in [2.75, 3.05) is 13.1 Å². The number of halogens is 2. The summed E-state index contributed by atoms with van der Waals surface area (Å²) in [5.74, 6) is -2.09. The minimum Gasteiger partial charge on any atom is -0.478 e. The first kappa shape index (κ1) is 28.2. The van der Waals surface area contributed by atoms with Gasteiger partial charge >= 0.3 is 12.1 Å². The molecule has 1 atom stereocenters. The van der Waals surface area contributed by atoms with E-state index in [1.165, 1.54) is 17.0 Å². The van der Waals surface area contributed by atoms with Gasteiger partial charge in [0, 0.05) is 11.6 Å². The molecule has 0 heterocycles. The summed E-state index contributed by atoms with van der Waals surface area (Å²) in [6.07, 6.45) is -0.128. The number of benzene rings is 3. The summed E-state index contributed by atoms with van der Waals surface area (Å²) in [5.41, 5.74) is 1.94. The number of aromatic carboxylic acids is 1. The van der Waals surface area contributed by atoms with Gasteiger partial charge in [-0.05, 0) is 80.1 Å². The highest BCUT2D eigenvalue weighted by atomic mass is 35.5. The van der Waals surface area contributed by atoms with Crippen molar-refractivity contribution in [1.82, 2.24) is 4.90 Å². The maximum absolute atomic E-state index is 14.0. The molecule has 8 heteroatoms. The molecule has 196 valence electrons. The Hall–Kier alpha value is -3.42.